The lowest BCUT2D eigenvalue weighted by Gasteiger charge is -2.09. The smallest absolute Gasteiger partial charge is 0.328 e. The number of carbonyl (C=O) groups is 1. The minimum atomic E-state index is -0.990. The maximum Gasteiger partial charge on any atom is 0.328 e. The summed E-state index contributed by atoms with van der Waals surface area (Å²) < 4.78 is 6.62. The fourth-order valence-corrected chi connectivity index (χ4v) is 1.88. The molecule has 0 unspecified atom stereocenters. The number of carboxylic acid groups (broad SMARTS) is 1. The van der Waals surface area contributed by atoms with Crippen molar-refractivity contribution in [3.63, 3.8) is 0 Å². The van der Waals surface area contributed by atoms with E-state index < -0.39 is 5.97 Å². The third-order valence-corrected chi connectivity index (χ3v) is 3.04. The van der Waals surface area contributed by atoms with Crippen LogP contribution >= 0.6 is 15.9 Å². The van der Waals surface area contributed by atoms with E-state index in [1.807, 2.05) is 36.4 Å². The van der Waals surface area contributed by atoms with Crippen LogP contribution < -0.4 is 4.74 Å². The Hall–Kier alpha value is -2.07. The summed E-state index contributed by atoms with van der Waals surface area (Å²) in [4.78, 5) is 10.6. The maximum atomic E-state index is 10.6. The monoisotopic (exact) mass is 318 g/mol. The van der Waals surface area contributed by atoms with Crippen molar-refractivity contribution in [2.75, 3.05) is 0 Å². The van der Waals surface area contributed by atoms with E-state index in [4.69, 9.17) is 9.84 Å². The van der Waals surface area contributed by atoms with Crippen LogP contribution in [0.25, 0.3) is 6.08 Å². The van der Waals surface area contributed by atoms with Gasteiger partial charge in [0, 0.05) is 11.6 Å². The molecule has 0 aromatic heterocycles. The molecule has 0 amide bonds. The van der Waals surface area contributed by atoms with Gasteiger partial charge in [-0.05, 0) is 40.2 Å². The Balaban J connectivity index is 2.30. The van der Waals surface area contributed by atoms with Gasteiger partial charge in [-0.1, -0.05) is 30.3 Å². The summed E-state index contributed by atoms with van der Waals surface area (Å²) in [5.74, 6) is 0.293. The SMILES string of the molecule is O=C(O)/C=C/c1ccccc1Oc1ccccc1Br. The van der Waals surface area contributed by atoms with Crippen molar-refractivity contribution in [3.05, 3.63) is 64.6 Å². The average Bonchev–Trinajstić information content (AvgIpc) is 2.40. The highest BCUT2D eigenvalue weighted by Crippen LogP contribution is 2.31. The summed E-state index contributed by atoms with van der Waals surface area (Å²) in [6.07, 6.45) is 2.59. The minimum Gasteiger partial charge on any atom is -0.478 e. The average molecular weight is 319 g/mol. The lowest BCUT2D eigenvalue weighted by atomic mass is 10.2. The number of hydrogen-bond acceptors (Lipinski definition) is 2. The van der Waals surface area contributed by atoms with Gasteiger partial charge in [-0.15, -0.1) is 0 Å². The van der Waals surface area contributed by atoms with Crippen LogP contribution in [0.4, 0.5) is 0 Å². The van der Waals surface area contributed by atoms with Gasteiger partial charge < -0.3 is 9.84 Å². The van der Waals surface area contributed by atoms with E-state index in [1.165, 1.54) is 6.08 Å². The second-order valence-electron chi connectivity index (χ2n) is 3.74. The van der Waals surface area contributed by atoms with Gasteiger partial charge in [0.25, 0.3) is 0 Å². The van der Waals surface area contributed by atoms with Crippen LogP contribution in [-0.2, 0) is 4.79 Å². The van der Waals surface area contributed by atoms with Gasteiger partial charge in [0.15, 0.2) is 0 Å². The van der Waals surface area contributed by atoms with Gasteiger partial charge in [0.05, 0.1) is 4.47 Å². The molecule has 2 aromatic rings. The summed E-state index contributed by atoms with van der Waals surface area (Å²) in [5.41, 5.74) is 0.709. The summed E-state index contributed by atoms with van der Waals surface area (Å²) in [6.45, 7) is 0. The molecule has 0 fully saturated rings. The number of aliphatic carboxylic acids is 1. The Kier molecular flexibility index (Phi) is 4.36. The van der Waals surface area contributed by atoms with Crippen molar-refractivity contribution >= 4 is 28.0 Å². The number of ether oxygens (including phenoxy) is 1. The van der Waals surface area contributed by atoms with E-state index in [2.05, 4.69) is 15.9 Å². The standard InChI is InChI=1S/C15H11BrO3/c16-12-6-2-4-8-14(12)19-13-7-3-1-5-11(13)9-10-15(17)18/h1-10H,(H,17,18)/b10-9+. The number of benzene rings is 2. The second-order valence-corrected chi connectivity index (χ2v) is 4.60. The second kappa shape index (κ2) is 6.20. The molecule has 0 spiro atoms. The highest BCUT2D eigenvalue weighted by molar-refractivity contribution is 9.10. The molecule has 0 saturated heterocycles. The number of hydrogen-bond donors (Lipinski definition) is 1. The van der Waals surface area contributed by atoms with Crippen molar-refractivity contribution < 1.29 is 14.6 Å². The zero-order valence-corrected chi connectivity index (χ0v) is 11.5. The third-order valence-electron chi connectivity index (χ3n) is 2.38. The van der Waals surface area contributed by atoms with E-state index in [0.29, 0.717) is 17.1 Å². The van der Waals surface area contributed by atoms with E-state index >= 15 is 0 Å². The number of halogens is 1. The molecule has 0 saturated carbocycles. The van der Waals surface area contributed by atoms with E-state index in [-0.39, 0.29) is 0 Å². The first-order valence-corrected chi connectivity index (χ1v) is 6.38. The summed E-state index contributed by atoms with van der Waals surface area (Å²) in [6, 6.07) is 14.7. The predicted molar refractivity (Wildman–Crippen MR) is 77.3 cm³/mol. The molecule has 4 heteroatoms. The normalized spacial score (nSPS) is 10.6. The molecule has 19 heavy (non-hydrogen) atoms. The van der Waals surface area contributed by atoms with Crippen molar-refractivity contribution in [1.29, 1.82) is 0 Å². The zero-order chi connectivity index (χ0) is 13.7. The molecular weight excluding hydrogens is 308 g/mol. The quantitative estimate of drug-likeness (QED) is 0.853. The largest absolute Gasteiger partial charge is 0.478 e. The zero-order valence-electron chi connectivity index (χ0n) is 9.92. The van der Waals surface area contributed by atoms with Gasteiger partial charge >= 0.3 is 5.97 Å². The first kappa shape index (κ1) is 13.4. The van der Waals surface area contributed by atoms with Crippen molar-refractivity contribution in [2.45, 2.75) is 0 Å². The molecule has 2 rings (SSSR count). The van der Waals surface area contributed by atoms with Gasteiger partial charge in [0.2, 0.25) is 0 Å². The van der Waals surface area contributed by atoms with Gasteiger partial charge in [-0.25, -0.2) is 4.79 Å². The molecule has 0 bridgehead atoms. The Morgan fingerprint density at radius 2 is 1.68 bits per heavy atom. The first-order valence-electron chi connectivity index (χ1n) is 5.59. The Morgan fingerprint density at radius 1 is 1.05 bits per heavy atom. The van der Waals surface area contributed by atoms with Crippen LogP contribution in [0.3, 0.4) is 0 Å². The lowest BCUT2D eigenvalue weighted by molar-refractivity contribution is -0.131. The van der Waals surface area contributed by atoms with Crippen LogP contribution in [0.1, 0.15) is 5.56 Å². The molecule has 96 valence electrons. The van der Waals surface area contributed by atoms with Crippen LogP contribution in [0.15, 0.2) is 59.1 Å². The van der Waals surface area contributed by atoms with Crippen LogP contribution in [0, 0.1) is 0 Å². The van der Waals surface area contributed by atoms with Crippen molar-refractivity contribution in [2.24, 2.45) is 0 Å². The Morgan fingerprint density at radius 3 is 2.37 bits per heavy atom. The molecule has 0 aliphatic carbocycles. The predicted octanol–water partition coefficient (Wildman–Crippen LogP) is 4.34. The molecule has 0 heterocycles. The summed E-state index contributed by atoms with van der Waals surface area (Å²) >= 11 is 3.40. The molecule has 2 aromatic carbocycles. The van der Waals surface area contributed by atoms with Crippen LogP contribution in [0.2, 0.25) is 0 Å². The van der Waals surface area contributed by atoms with Crippen LogP contribution in [-0.4, -0.2) is 11.1 Å². The third kappa shape index (κ3) is 3.69. The first-order chi connectivity index (χ1) is 9.16. The van der Waals surface area contributed by atoms with E-state index in [1.54, 1.807) is 12.1 Å². The molecular formula is C15H11BrO3. The van der Waals surface area contributed by atoms with Crippen LogP contribution in [0.5, 0.6) is 11.5 Å². The molecule has 1 N–H and O–H groups in total. The molecule has 0 aliphatic rings. The Labute approximate surface area is 119 Å². The number of rotatable bonds is 4. The Bertz CT molecular complexity index is 620. The fourth-order valence-electron chi connectivity index (χ4n) is 1.52. The minimum absolute atomic E-state index is 0.604. The van der Waals surface area contributed by atoms with E-state index in [0.717, 1.165) is 10.5 Å². The number of para-hydroxylation sites is 2. The molecule has 3 nitrogen and oxygen atoms in total. The van der Waals surface area contributed by atoms with Gasteiger partial charge in [-0.3, -0.25) is 0 Å². The van der Waals surface area contributed by atoms with E-state index in [9.17, 15) is 4.79 Å². The topological polar surface area (TPSA) is 46.5 Å². The van der Waals surface area contributed by atoms with Gasteiger partial charge in [0.1, 0.15) is 11.5 Å². The number of carboxylic acids is 1. The molecule has 0 aliphatic heterocycles. The summed E-state index contributed by atoms with van der Waals surface area (Å²) in [7, 11) is 0. The van der Waals surface area contributed by atoms with Crippen molar-refractivity contribution in [1.82, 2.24) is 0 Å². The fraction of sp³-hybridized carbons (Fsp3) is 0. The highest BCUT2D eigenvalue weighted by Gasteiger charge is 2.04. The lowest BCUT2D eigenvalue weighted by Crippen LogP contribution is -1.90. The molecule has 0 atom stereocenters. The highest BCUT2D eigenvalue weighted by atomic mass is 79.9. The molecule has 0 radical (unpaired) electrons. The van der Waals surface area contributed by atoms with Gasteiger partial charge in [-0.2, -0.15) is 0 Å². The summed E-state index contributed by atoms with van der Waals surface area (Å²) in [5, 5.41) is 8.66. The maximum absolute atomic E-state index is 10.6. The van der Waals surface area contributed by atoms with Crippen molar-refractivity contribution in [3.8, 4) is 11.5 Å².